The van der Waals surface area contributed by atoms with Crippen LogP contribution in [0.3, 0.4) is 0 Å². The smallest absolute Gasteiger partial charge is 0.321 e. The molecule has 0 aromatic heterocycles. The first-order chi connectivity index (χ1) is 19.4. The molecule has 0 spiro atoms. The molecule has 6 nitrogen and oxygen atoms in total. The monoisotopic (exact) mass is 575 g/mol. The lowest BCUT2D eigenvalue weighted by Crippen LogP contribution is -2.34. The highest BCUT2D eigenvalue weighted by atomic mass is 31.2. The zero-order chi connectivity index (χ0) is 29.4. The fraction of sp³-hybridized carbons (Fsp3) is 0.758. The number of carbonyl (C=O) groups excluding carboxylic acids is 1. The highest BCUT2D eigenvalue weighted by Crippen LogP contribution is 2.46. The molecule has 0 aliphatic carbocycles. The second-order valence-corrected chi connectivity index (χ2v) is 12.8. The van der Waals surface area contributed by atoms with Crippen LogP contribution in [0.4, 0.5) is 0 Å². The van der Waals surface area contributed by atoms with E-state index in [-0.39, 0.29) is 18.0 Å². The van der Waals surface area contributed by atoms with Crippen molar-refractivity contribution in [3.05, 3.63) is 29.8 Å². The molecule has 228 valence electrons. The van der Waals surface area contributed by atoms with Crippen molar-refractivity contribution in [1.29, 1.82) is 5.26 Å². The molecular weight excluding hydrogens is 517 g/mol. The number of hydrogen-bond donors (Lipinski definition) is 1. The molecule has 40 heavy (non-hydrogen) atoms. The summed E-state index contributed by atoms with van der Waals surface area (Å²) in [6.45, 7) is 11.8. The van der Waals surface area contributed by atoms with Gasteiger partial charge in [0.1, 0.15) is 5.75 Å². The summed E-state index contributed by atoms with van der Waals surface area (Å²) in [4.78, 5) is 12.2. The summed E-state index contributed by atoms with van der Waals surface area (Å²) in [5.41, 5.74) is 1.16. The van der Waals surface area contributed by atoms with E-state index in [0.717, 1.165) is 30.6 Å². The van der Waals surface area contributed by atoms with Crippen LogP contribution >= 0.6 is 8.53 Å². The second-order valence-electron chi connectivity index (χ2n) is 11.4. The number of benzene rings is 1. The molecular formula is C33H58N3O3P. The normalized spacial score (nSPS) is 12.2. The van der Waals surface area contributed by atoms with Crippen LogP contribution in [0, 0.1) is 11.3 Å². The molecule has 1 aromatic rings. The Kier molecular flexibility index (Phi) is 21.8. The van der Waals surface area contributed by atoms with Crippen molar-refractivity contribution in [2.24, 2.45) is 0 Å². The third kappa shape index (κ3) is 17.9. The maximum Gasteiger partial charge on any atom is 0.321 e. The van der Waals surface area contributed by atoms with E-state index in [9.17, 15) is 4.79 Å². The maximum atomic E-state index is 12.2. The van der Waals surface area contributed by atoms with Gasteiger partial charge in [-0.15, -0.1) is 0 Å². The lowest BCUT2D eigenvalue weighted by Gasteiger charge is -2.35. The second kappa shape index (κ2) is 24.0. The van der Waals surface area contributed by atoms with Gasteiger partial charge >= 0.3 is 8.53 Å². The van der Waals surface area contributed by atoms with Gasteiger partial charge in [0.05, 0.1) is 19.1 Å². The van der Waals surface area contributed by atoms with Crippen LogP contribution in [0.25, 0.3) is 0 Å². The Morgan fingerprint density at radius 3 is 1.90 bits per heavy atom. The number of rotatable bonds is 25. The van der Waals surface area contributed by atoms with Crippen molar-refractivity contribution in [1.82, 2.24) is 9.99 Å². The summed E-state index contributed by atoms with van der Waals surface area (Å²) < 4.78 is 14.4. The van der Waals surface area contributed by atoms with Crippen molar-refractivity contribution in [3.8, 4) is 11.8 Å². The molecule has 0 aliphatic heterocycles. The largest absolute Gasteiger partial charge is 0.436 e. The zero-order valence-corrected chi connectivity index (χ0v) is 27.2. The number of hydrogen-bond acceptors (Lipinski definition) is 5. The lowest BCUT2D eigenvalue weighted by molar-refractivity contribution is -0.121. The van der Waals surface area contributed by atoms with Gasteiger partial charge in [0, 0.05) is 25.0 Å². The number of unbranched alkanes of at least 4 members (excludes halogenated alkanes) is 12. The topological polar surface area (TPSA) is 74.6 Å². The van der Waals surface area contributed by atoms with E-state index < -0.39 is 8.53 Å². The fourth-order valence-electron chi connectivity index (χ4n) is 4.83. The standard InChI is InChI=1S/C33H58N3O3P/c1-6-7-8-9-10-11-12-13-14-15-16-17-18-20-33(37)35-27-25-31-21-23-32(24-22-31)39-40(38-28-19-26-34)36(29(2)3)30(4)5/h21-24,29-30H,6-20,25,27-28H2,1-5H3,(H,35,37). The Morgan fingerprint density at radius 2 is 1.40 bits per heavy atom. The van der Waals surface area contributed by atoms with Gasteiger partial charge in [0.2, 0.25) is 5.91 Å². The Bertz CT molecular complexity index is 787. The average Bonchev–Trinajstić information content (AvgIpc) is 2.92. The molecule has 0 aliphatic rings. The average molecular weight is 576 g/mol. The summed E-state index contributed by atoms with van der Waals surface area (Å²) in [6.07, 6.45) is 18.9. The van der Waals surface area contributed by atoms with Gasteiger partial charge in [0.15, 0.2) is 0 Å². The highest BCUT2D eigenvalue weighted by Gasteiger charge is 2.28. The minimum Gasteiger partial charge on any atom is -0.436 e. The minimum absolute atomic E-state index is 0.158. The first-order valence-electron chi connectivity index (χ1n) is 16.0. The van der Waals surface area contributed by atoms with E-state index in [1.54, 1.807) is 0 Å². The highest BCUT2D eigenvalue weighted by molar-refractivity contribution is 7.45. The van der Waals surface area contributed by atoms with E-state index in [1.807, 2.05) is 24.3 Å². The summed E-state index contributed by atoms with van der Waals surface area (Å²) >= 11 is 0. The zero-order valence-electron chi connectivity index (χ0n) is 26.3. The minimum atomic E-state index is -1.31. The van der Waals surface area contributed by atoms with Gasteiger partial charge in [-0.2, -0.15) is 5.26 Å². The van der Waals surface area contributed by atoms with Crippen LogP contribution in [0.15, 0.2) is 24.3 Å². The van der Waals surface area contributed by atoms with Crippen LogP contribution in [0.5, 0.6) is 5.75 Å². The first-order valence-corrected chi connectivity index (χ1v) is 17.1. The molecule has 1 atom stereocenters. The molecule has 0 radical (unpaired) electrons. The van der Waals surface area contributed by atoms with E-state index in [0.29, 0.717) is 26.0 Å². The maximum absolute atomic E-state index is 12.2. The van der Waals surface area contributed by atoms with Crippen molar-refractivity contribution in [2.75, 3.05) is 13.2 Å². The van der Waals surface area contributed by atoms with Gasteiger partial charge in [-0.25, -0.2) is 4.67 Å². The Labute approximate surface area is 247 Å². The van der Waals surface area contributed by atoms with Gasteiger partial charge in [-0.3, -0.25) is 4.79 Å². The molecule has 0 fully saturated rings. The summed E-state index contributed by atoms with van der Waals surface area (Å²) in [5, 5.41) is 12.0. The molecule has 1 aromatic carbocycles. The van der Waals surface area contributed by atoms with Crippen LogP contribution in [0.1, 0.15) is 136 Å². The number of nitriles is 1. The van der Waals surface area contributed by atoms with Crippen LogP contribution < -0.4 is 9.84 Å². The quantitative estimate of drug-likeness (QED) is 0.0928. The van der Waals surface area contributed by atoms with Gasteiger partial charge < -0.3 is 14.4 Å². The molecule has 1 N–H and O–H groups in total. The Morgan fingerprint density at radius 1 is 0.875 bits per heavy atom. The molecule has 1 rings (SSSR count). The molecule has 0 saturated carbocycles. The fourth-order valence-corrected chi connectivity index (χ4v) is 6.41. The van der Waals surface area contributed by atoms with Crippen molar-refractivity contribution in [2.45, 2.75) is 149 Å². The summed E-state index contributed by atoms with van der Waals surface area (Å²) in [7, 11) is -1.31. The van der Waals surface area contributed by atoms with E-state index in [2.05, 4.69) is 50.7 Å². The van der Waals surface area contributed by atoms with Crippen molar-refractivity contribution in [3.63, 3.8) is 0 Å². The number of nitrogens with zero attached hydrogens (tertiary/aromatic N) is 2. The van der Waals surface area contributed by atoms with Crippen LogP contribution in [-0.2, 0) is 15.7 Å². The lowest BCUT2D eigenvalue weighted by atomic mass is 10.0. The number of amides is 1. The van der Waals surface area contributed by atoms with Gasteiger partial charge in [-0.1, -0.05) is 96.1 Å². The SMILES string of the molecule is CCCCCCCCCCCCCCCC(=O)NCCc1ccc(OP(OCCC#N)N(C(C)C)C(C)C)cc1. The molecule has 1 amide bonds. The Balaban J connectivity index is 2.21. The Hall–Kier alpha value is -1.67. The molecule has 0 bridgehead atoms. The predicted molar refractivity (Wildman–Crippen MR) is 169 cm³/mol. The predicted octanol–water partition coefficient (Wildman–Crippen LogP) is 9.48. The van der Waals surface area contributed by atoms with Crippen LogP contribution in [0.2, 0.25) is 0 Å². The molecule has 0 heterocycles. The summed E-state index contributed by atoms with van der Waals surface area (Å²) in [5.74, 6) is 0.912. The van der Waals surface area contributed by atoms with Gasteiger partial charge in [0.25, 0.3) is 0 Å². The van der Waals surface area contributed by atoms with E-state index in [1.165, 1.54) is 70.6 Å². The van der Waals surface area contributed by atoms with Gasteiger partial charge in [-0.05, 0) is 58.2 Å². The van der Waals surface area contributed by atoms with Crippen molar-refractivity contribution >= 4 is 14.4 Å². The molecule has 7 heteroatoms. The molecule has 1 unspecified atom stereocenters. The van der Waals surface area contributed by atoms with Crippen molar-refractivity contribution < 1.29 is 13.8 Å². The van der Waals surface area contributed by atoms with E-state index in [4.69, 9.17) is 14.3 Å². The number of nitrogens with one attached hydrogen (secondary N) is 1. The number of carbonyl (C=O) groups is 1. The molecule has 0 saturated heterocycles. The first kappa shape index (κ1) is 36.4. The van der Waals surface area contributed by atoms with E-state index >= 15 is 0 Å². The summed E-state index contributed by atoms with van der Waals surface area (Å²) in [6, 6.07) is 10.7. The third-order valence-corrected chi connectivity index (χ3v) is 9.08. The third-order valence-electron chi connectivity index (χ3n) is 7.01. The van der Waals surface area contributed by atoms with Crippen LogP contribution in [-0.4, -0.2) is 35.8 Å².